The highest BCUT2D eigenvalue weighted by molar-refractivity contribution is 7.12. The third kappa shape index (κ3) is 2.70. The van der Waals surface area contributed by atoms with Gasteiger partial charge in [-0.25, -0.2) is 4.98 Å². The highest BCUT2D eigenvalue weighted by Crippen LogP contribution is 2.55. The number of aromatic nitrogens is 2. The molecule has 0 aromatic carbocycles. The molecule has 8 heteroatoms. The smallest absolute Gasteiger partial charge is 0.261 e. The largest absolute Gasteiger partial charge is 0.369 e. The van der Waals surface area contributed by atoms with E-state index in [0.29, 0.717) is 24.3 Å². The highest BCUT2D eigenvalue weighted by atomic mass is 32.1. The van der Waals surface area contributed by atoms with Crippen molar-refractivity contribution < 1.29 is 9.53 Å². The molecule has 3 aliphatic rings. The molecular formula is C19H23N5O2S. The number of nitrogens with one attached hydrogen (secondary N) is 1. The van der Waals surface area contributed by atoms with E-state index in [4.69, 9.17) is 10.5 Å². The molecule has 2 aromatic rings. The summed E-state index contributed by atoms with van der Waals surface area (Å²) >= 11 is 1.50. The number of nitrogens with two attached hydrogens (primary N) is 1. The zero-order valence-corrected chi connectivity index (χ0v) is 16.0. The molecule has 1 amide bonds. The third-order valence-electron chi connectivity index (χ3n) is 6.33. The van der Waals surface area contributed by atoms with E-state index in [9.17, 15) is 4.79 Å². The van der Waals surface area contributed by atoms with Crippen LogP contribution in [0.25, 0.3) is 0 Å². The maximum Gasteiger partial charge on any atom is 0.261 e. The van der Waals surface area contributed by atoms with Gasteiger partial charge < -0.3 is 20.7 Å². The number of nitrogen functional groups attached to an aromatic ring is 1. The molecule has 1 spiro atoms. The van der Waals surface area contributed by atoms with Gasteiger partial charge in [0.2, 0.25) is 5.95 Å². The topological polar surface area (TPSA) is 93.4 Å². The number of hydrogen-bond acceptors (Lipinski definition) is 7. The fourth-order valence-corrected chi connectivity index (χ4v) is 5.92. The van der Waals surface area contributed by atoms with Gasteiger partial charge in [-0.15, -0.1) is 11.3 Å². The molecule has 5 heterocycles. The summed E-state index contributed by atoms with van der Waals surface area (Å²) in [5.41, 5.74) is 6.68. The Morgan fingerprint density at radius 2 is 2.41 bits per heavy atom. The number of fused-ring (bicyclic) bond motifs is 1. The average Bonchev–Trinajstić information content (AvgIpc) is 3.39. The number of hydrogen-bond donors (Lipinski definition) is 2. The molecule has 2 bridgehead atoms. The molecule has 4 atom stereocenters. The number of nitrogens with zero attached hydrogens (tertiary/aromatic N) is 3. The first-order valence-electron chi connectivity index (χ1n) is 9.39. The Morgan fingerprint density at radius 3 is 3.19 bits per heavy atom. The summed E-state index contributed by atoms with van der Waals surface area (Å²) in [6, 6.07) is 3.88. The number of rotatable bonds is 4. The van der Waals surface area contributed by atoms with Crippen LogP contribution in [0.1, 0.15) is 28.1 Å². The molecule has 2 aromatic heterocycles. The predicted molar refractivity (Wildman–Crippen MR) is 104 cm³/mol. The van der Waals surface area contributed by atoms with E-state index in [2.05, 4.69) is 20.2 Å². The number of ether oxygens (including phenoxy) is 1. The Bertz CT molecular complexity index is 886. The predicted octanol–water partition coefficient (Wildman–Crippen LogP) is 1.84. The lowest BCUT2D eigenvalue weighted by molar-refractivity contribution is 0.0141. The summed E-state index contributed by atoms with van der Waals surface area (Å²) in [7, 11) is 0. The summed E-state index contributed by atoms with van der Waals surface area (Å²) in [6.45, 7) is 4.35. The first kappa shape index (κ1) is 16.9. The molecule has 7 nitrogen and oxygen atoms in total. The van der Waals surface area contributed by atoms with E-state index in [0.717, 1.165) is 42.2 Å². The first-order chi connectivity index (χ1) is 13.1. The maximum atomic E-state index is 12.5. The minimum atomic E-state index is -0.112. The Morgan fingerprint density at radius 1 is 1.52 bits per heavy atom. The van der Waals surface area contributed by atoms with Gasteiger partial charge in [0.1, 0.15) is 5.82 Å². The van der Waals surface area contributed by atoms with Crippen molar-refractivity contribution in [2.75, 3.05) is 30.3 Å². The van der Waals surface area contributed by atoms with Crippen LogP contribution in [-0.4, -0.2) is 47.2 Å². The molecule has 0 unspecified atom stereocenters. The Kier molecular flexibility index (Phi) is 3.87. The third-order valence-corrected chi connectivity index (χ3v) is 7.35. The van der Waals surface area contributed by atoms with E-state index in [-0.39, 0.29) is 17.6 Å². The Labute approximate surface area is 161 Å². The van der Waals surface area contributed by atoms with E-state index < -0.39 is 0 Å². The van der Waals surface area contributed by atoms with Gasteiger partial charge >= 0.3 is 0 Å². The van der Waals surface area contributed by atoms with Gasteiger partial charge in [-0.05, 0) is 42.8 Å². The van der Waals surface area contributed by atoms with Crippen molar-refractivity contribution in [2.45, 2.75) is 31.5 Å². The fraction of sp³-hybridized carbons (Fsp3) is 0.526. The molecule has 0 radical (unpaired) electrons. The van der Waals surface area contributed by atoms with Gasteiger partial charge in [0.15, 0.2) is 0 Å². The standard InChI is InChI=1S/C19H23N5O2S/c1-11-4-7-27-16(11)17(25)22-8-12-13-9-24(15-3-6-21-18(20)23-15)10-19(13)5-2-14(12)26-19/h3-4,6-7,12-14H,2,5,8-10H2,1H3,(H,22,25)(H2,20,21,23)/t12-,13+,14+,19+/m0/s1. The van der Waals surface area contributed by atoms with Gasteiger partial charge in [0, 0.05) is 37.7 Å². The average molecular weight is 385 g/mol. The summed E-state index contributed by atoms with van der Waals surface area (Å²) in [6.07, 6.45) is 4.09. The quantitative estimate of drug-likeness (QED) is 0.834. The second kappa shape index (κ2) is 6.17. The SMILES string of the molecule is Cc1ccsc1C(=O)NC[C@H]1[C@H]2CN(c3ccnc(N)n3)C[C@]23CC[C@H]1O3. The van der Waals surface area contributed by atoms with Crippen molar-refractivity contribution >= 4 is 29.0 Å². The van der Waals surface area contributed by atoms with E-state index in [1.807, 2.05) is 24.4 Å². The number of anilines is 2. The van der Waals surface area contributed by atoms with Crippen molar-refractivity contribution in [1.82, 2.24) is 15.3 Å². The highest BCUT2D eigenvalue weighted by Gasteiger charge is 2.63. The second-order valence-corrected chi connectivity index (χ2v) is 8.74. The molecular weight excluding hydrogens is 362 g/mol. The van der Waals surface area contributed by atoms with Crippen molar-refractivity contribution in [1.29, 1.82) is 0 Å². The lowest BCUT2D eigenvalue weighted by Crippen LogP contribution is -2.41. The second-order valence-electron chi connectivity index (χ2n) is 7.83. The first-order valence-corrected chi connectivity index (χ1v) is 10.3. The van der Waals surface area contributed by atoms with E-state index >= 15 is 0 Å². The summed E-state index contributed by atoms with van der Waals surface area (Å²) in [5.74, 6) is 1.92. The van der Waals surface area contributed by atoms with Gasteiger partial charge in [0.25, 0.3) is 5.91 Å². The van der Waals surface area contributed by atoms with E-state index in [1.165, 1.54) is 11.3 Å². The number of amides is 1. The van der Waals surface area contributed by atoms with Crippen molar-refractivity contribution in [3.05, 3.63) is 34.2 Å². The van der Waals surface area contributed by atoms with Crippen molar-refractivity contribution in [2.24, 2.45) is 11.8 Å². The molecule has 27 heavy (non-hydrogen) atoms. The summed E-state index contributed by atoms with van der Waals surface area (Å²) < 4.78 is 6.46. The molecule has 3 aliphatic heterocycles. The van der Waals surface area contributed by atoms with Crippen LogP contribution in [0.2, 0.25) is 0 Å². The van der Waals surface area contributed by atoms with Gasteiger partial charge in [-0.3, -0.25) is 4.79 Å². The number of thiophene rings is 1. The van der Waals surface area contributed by atoms with Crippen molar-refractivity contribution in [3.63, 3.8) is 0 Å². The molecule has 5 rings (SSSR count). The van der Waals surface area contributed by atoms with Crippen LogP contribution < -0.4 is 16.0 Å². The molecule has 142 valence electrons. The van der Waals surface area contributed by atoms with Crippen LogP contribution in [0.5, 0.6) is 0 Å². The monoisotopic (exact) mass is 385 g/mol. The molecule has 0 aliphatic carbocycles. The minimum absolute atomic E-state index is 0.0257. The molecule has 0 saturated carbocycles. The summed E-state index contributed by atoms with van der Waals surface area (Å²) in [5, 5.41) is 5.11. The zero-order valence-electron chi connectivity index (χ0n) is 15.2. The zero-order chi connectivity index (χ0) is 18.6. The maximum absolute atomic E-state index is 12.5. The van der Waals surface area contributed by atoms with Crippen LogP contribution in [0.4, 0.5) is 11.8 Å². The van der Waals surface area contributed by atoms with Crippen molar-refractivity contribution in [3.8, 4) is 0 Å². The van der Waals surface area contributed by atoms with Gasteiger partial charge in [-0.2, -0.15) is 4.98 Å². The normalized spacial score (nSPS) is 31.3. The lowest BCUT2D eigenvalue weighted by atomic mass is 9.73. The fourth-order valence-electron chi connectivity index (χ4n) is 5.07. The lowest BCUT2D eigenvalue weighted by Gasteiger charge is -2.29. The van der Waals surface area contributed by atoms with Crippen LogP contribution in [-0.2, 0) is 4.74 Å². The Hall–Kier alpha value is -2.19. The van der Waals surface area contributed by atoms with Gasteiger partial charge in [-0.1, -0.05) is 0 Å². The molecule has 3 saturated heterocycles. The van der Waals surface area contributed by atoms with Gasteiger partial charge in [0.05, 0.1) is 16.6 Å². The minimum Gasteiger partial charge on any atom is -0.369 e. The van der Waals surface area contributed by atoms with E-state index in [1.54, 1.807) is 6.20 Å². The van der Waals surface area contributed by atoms with Crippen LogP contribution in [0.3, 0.4) is 0 Å². The van der Waals surface area contributed by atoms with Crippen LogP contribution >= 0.6 is 11.3 Å². The number of carbonyl (C=O) groups excluding carboxylic acids is 1. The van der Waals surface area contributed by atoms with Crippen LogP contribution in [0, 0.1) is 18.8 Å². The van der Waals surface area contributed by atoms with Crippen LogP contribution in [0.15, 0.2) is 23.7 Å². The number of carbonyl (C=O) groups is 1. The molecule has 3 fully saturated rings. The Balaban J connectivity index is 1.31. The number of aryl methyl sites for hydroxylation is 1. The molecule has 3 N–H and O–H groups in total. The summed E-state index contributed by atoms with van der Waals surface area (Å²) in [4.78, 5) is 23.9.